The van der Waals surface area contributed by atoms with E-state index in [0.29, 0.717) is 18.3 Å². The summed E-state index contributed by atoms with van der Waals surface area (Å²) in [5.41, 5.74) is 5.56. The van der Waals surface area contributed by atoms with Gasteiger partial charge in [0.1, 0.15) is 11.8 Å². The van der Waals surface area contributed by atoms with Crippen molar-refractivity contribution in [1.82, 2.24) is 10.3 Å². The number of halogens is 1. The van der Waals surface area contributed by atoms with Gasteiger partial charge in [-0.3, -0.25) is 0 Å². The molecule has 28 heavy (non-hydrogen) atoms. The van der Waals surface area contributed by atoms with Gasteiger partial charge in [-0.2, -0.15) is 0 Å². The second-order valence-corrected chi connectivity index (χ2v) is 6.88. The van der Waals surface area contributed by atoms with Gasteiger partial charge in [0.25, 0.3) is 0 Å². The standard InChI is InChI=1S/C23H19ClN2O2/c24-22-13-5-7-16(26-22)8-6-14-25-23(27)28-15-21-19-11-3-1-9-17(19)18-10-2-4-12-20(18)21/h1-13,21H,14-15H2,(H,25,27). The van der Waals surface area contributed by atoms with Gasteiger partial charge in [-0.1, -0.05) is 72.3 Å². The molecule has 0 unspecified atom stereocenters. The molecule has 1 amide bonds. The van der Waals surface area contributed by atoms with Crippen LogP contribution in [0.2, 0.25) is 5.15 Å². The minimum absolute atomic E-state index is 0.0596. The summed E-state index contributed by atoms with van der Waals surface area (Å²) < 4.78 is 5.49. The monoisotopic (exact) mass is 390 g/mol. The fourth-order valence-corrected chi connectivity index (χ4v) is 3.66. The molecule has 1 N–H and O–H groups in total. The van der Waals surface area contributed by atoms with Crippen molar-refractivity contribution in [3.63, 3.8) is 0 Å². The number of aromatic nitrogens is 1. The van der Waals surface area contributed by atoms with Crippen molar-refractivity contribution < 1.29 is 9.53 Å². The Morgan fingerprint density at radius 1 is 1.00 bits per heavy atom. The molecule has 2 aromatic carbocycles. The molecule has 1 heterocycles. The number of benzene rings is 2. The number of carbonyl (C=O) groups excluding carboxylic acids is 1. The molecular weight excluding hydrogens is 372 g/mol. The molecule has 0 bridgehead atoms. The molecule has 4 rings (SSSR count). The van der Waals surface area contributed by atoms with E-state index in [1.807, 2.05) is 36.4 Å². The number of rotatable bonds is 5. The quantitative estimate of drug-likeness (QED) is 0.602. The smallest absolute Gasteiger partial charge is 0.407 e. The normalized spacial score (nSPS) is 12.6. The van der Waals surface area contributed by atoms with Crippen LogP contribution < -0.4 is 5.32 Å². The van der Waals surface area contributed by atoms with E-state index in [1.54, 1.807) is 18.2 Å². The molecule has 1 aliphatic carbocycles. The predicted molar refractivity (Wildman–Crippen MR) is 111 cm³/mol. The van der Waals surface area contributed by atoms with Crippen molar-refractivity contribution in [3.8, 4) is 11.1 Å². The van der Waals surface area contributed by atoms with E-state index in [4.69, 9.17) is 16.3 Å². The molecule has 1 aliphatic rings. The maximum Gasteiger partial charge on any atom is 0.407 e. The van der Waals surface area contributed by atoms with Crippen LogP contribution in [0.3, 0.4) is 0 Å². The Balaban J connectivity index is 1.34. The third-order valence-corrected chi connectivity index (χ3v) is 4.94. The van der Waals surface area contributed by atoms with Crippen LogP contribution in [-0.4, -0.2) is 24.2 Å². The summed E-state index contributed by atoms with van der Waals surface area (Å²) in [5, 5.41) is 3.17. The SMILES string of the molecule is O=C(NCC=Cc1cccc(Cl)n1)OCC1c2ccccc2-c2ccccc21. The van der Waals surface area contributed by atoms with E-state index >= 15 is 0 Å². The van der Waals surface area contributed by atoms with E-state index in [1.165, 1.54) is 22.3 Å². The molecular formula is C23H19ClN2O2. The van der Waals surface area contributed by atoms with Gasteiger partial charge in [0.15, 0.2) is 0 Å². The van der Waals surface area contributed by atoms with Crippen LogP contribution in [0.5, 0.6) is 0 Å². The lowest BCUT2D eigenvalue weighted by Gasteiger charge is -2.14. The molecule has 0 fully saturated rings. The summed E-state index contributed by atoms with van der Waals surface area (Å²) in [6.45, 7) is 0.657. The molecule has 5 heteroatoms. The summed E-state index contributed by atoms with van der Waals surface area (Å²) in [6, 6.07) is 21.9. The molecule has 0 saturated heterocycles. The van der Waals surface area contributed by atoms with E-state index in [2.05, 4.69) is 34.6 Å². The van der Waals surface area contributed by atoms with Crippen LogP contribution in [0.1, 0.15) is 22.7 Å². The molecule has 4 nitrogen and oxygen atoms in total. The maximum absolute atomic E-state index is 12.1. The highest BCUT2D eigenvalue weighted by atomic mass is 35.5. The average molecular weight is 391 g/mol. The van der Waals surface area contributed by atoms with Gasteiger partial charge in [-0.25, -0.2) is 9.78 Å². The number of ether oxygens (including phenoxy) is 1. The van der Waals surface area contributed by atoms with Crippen molar-refractivity contribution in [2.75, 3.05) is 13.2 Å². The topological polar surface area (TPSA) is 51.2 Å². The number of carbonyl (C=O) groups is 1. The van der Waals surface area contributed by atoms with Gasteiger partial charge in [0.05, 0.1) is 5.69 Å². The van der Waals surface area contributed by atoms with E-state index in [0.717, 1.165) is 5.69 Å². The van der Waals surface area contributed by atoms with Crippen LogP contribution in [0.4, 0.5) is 4.79 Å². The van der Waals surface area contributed by atoms with Crippen LogP contribution in [-0.2, 0) is 4.74 Å². The van der Waals surface area contributed by atoms with Crippen molar-refractivity contribution in [1.29, 1.82) is 0 Å². The van der Waals surface area contributed by atoms with Gasteiger partial charge in [0, 0.05) is 12.5 Å². The molecule has 3 aromatic rings. The molecule has 140 valence electrons. The first-order valence-electron chi connectivity index (χ1n) is 9.10. The Bertz CT molecular complexity index is 987. The summed E-state index contributed by atoms with van der Waals surface area (Å²) in [7, 11) is 0. The largest absolute Gasteiger partial charge is 0.449 e. The minimum Gasteiger partial charge on any atom is -0.449 e. The maximum atomic E-state index is 12.1. The van der Waals surface area contributed by atoms with Crippen LogP contribution in [0.15, 0.2) is 72.8 Å². The summed E-state index contributed by atoms with van der Waals surface area (Å²) in [5.74, 6) is 0.0596. The number of nitrogens with one attached hydrogen (secondary N) is 1. The Morgan fingerprint density at radius 3 is 2.36 bits per heavy atom. The van der Waals surface area contributed by atoms with Gasteiger partial charge in [-0.15, -0.1) is 0 Å². The summed E-state index contributed by atoms with van der Waals surface area (Å²) >= 11 is 5.85. The lowest BCUT2D eigenvalue weighted by molar-refractivity contribution is 0.144. The van der Waals surface area contributed by atoms with Crippen LogP contribution in [0, 0.1) is 0 Å². The highest BCUT2D eigenvalue weighted by Gasteiger charge is 2.28. The van der Waals surface area contributed by atoms with Crippen LogP contribution in [0.25, 0.3) is 17.2 Å². The van der Waals surface area contributed by atoms with E-state index in [9.17, 15) is 4.79 Å². The third-order valence-electron chi connectivity index (χ3n) is 4.73. The second kappa shape index (κ2) is 8.28. The Labute approximate surface area is 168 Å². The first-order chi connectivity index (χ1) is 13.7. The number of amides is 1. The van der Waals surface area contributed by atoms with Crippen molar-refractivity contribution >= 4 is 23.8 Å². The number of hydrogen-bond donors (Lipinski definition) is 1. The minimum atomic E-state index is -0.439. The van der Waals surface area contributed by atoms with Gasteiger partial charge >= 0.3 is 6.09 Å². The number of hydrogen-bond acceptors (Lipinski definition) is 3. The highest BCUT2D eigenvalue weighted by molar-refractivity contribution is 6.29. The Morgan fingerprint density at radius 2 is 1.68 bits per heavy atom. The van der Waals surface area contributed by atoms with Gasteiger partial charge < -0.3 is 10.1 Å². The Hall–Kier alpha value is -3.11. The molecule has 0 spiro atoms. The second-order valence-electron chi connectivity index (χ2n) is 6.49. The summed E-state index contributed by atoms with van der Waals surface area (Å²) in [6.07, 6.45) is 3.17. The lowest BCUT2D eigenvalue weighted by Crippen LogP contribution is -2.26. The molecule has 0 radical (unpaired) electrons. The highest BCUT2D eigenvalue weighted by Crippen LogP contribution is 2.44. The molecule has 1 aromatic heterocycles. The molecule has 0 saturated carbocycles. The predicted octanol–water partition coefficient (Wildman–Crippen LogP) is 5.29. The van der Waals surface area contributed by atoms with Crippen molar-refractivity contribution in [2.24, 2.45) is 0 Å². The fourth-order valence-electron chi connectivity index (χ4n) is 3.49. The summed E-state index contributed by atoms with van der Waals surface area (Å²) in [4.78, 5) is 16.2. The zero-order chi connectivity index (χ0) is 19.3. The molecule has 0 aliphatic heterocycles. The fraction of sp³-hybridized carbons (Fsp3) is 0.130. The first kappa shape index (κ1) is 18.3. The number of fused-ring (bicyclic) bond motifs is 3. The first-order valence-corrected chi connectivity index (χ1v) is 9.48. The molecule has 0 atom stereocenters. The Kier molecular flexibility index (Phi) is 5.40. The third kappa shape index (κ3) is 3.92. The van der Waals surface area contributed by atoms with Crippen molar-refractivity contribution in [3.05, 3.63) is 94.8 Å². The number of nitrogens with zero attached hydrogens (tertiary/aromatic N) is 1. The number of alkyl carbamates (subject to hydrolysis) is 1. The van der Waals surface area contributed by atoms with E-state index in [-0.39, 0.29) is 5.92 Å². The van der Waals surface area contributed by atoms with E-state index < -0.39 is 6.09 Å². The zero-order valence-electron chi connectivity index (χ0n) is 15.1. The zero-order valence-corrected chi connectivity index (χ0v) is 15.9. The van der Waals surface area contributed by atoms with Gasteiger partial charge in [-0.05, 0) is 40.5 Å². The average Bonchev–Trinajstić information content (AvgIpc) is 3.04. The van der Waals surface area contributed by atoms with Gasteiger partial charge in [0.2, 0.25) is 0 Å². The number of pyridine rings is 1. The lowest BCUT2D eigenvalue weighted by atomic mass is 9.98. The van der Waals surface area contributed by atoms with Crippen molar-refractivity contribution in [2.45, 2.75) is 5.92 Å². The van der Waals surface area contributed by atoms with Crippen LogP contribution >= 0.6 is 11.6 Å².